The van der Waals surface area contributed by atoms with E-state index in [1.54, 1.807) is 0 Å². The first-order chi connectivity index (χ1) is 3.41. The van der Waals surface area contributed by atoms with E-state index in [1.165, 1.54) is 0 Å². The van der Waals surface area contributed by atoms with E-state index in [0.717, 1.165) is 13.1 Å². The van der Waals surface area contributed by atoms with E-state index in [-0.39, 0.29) is 20.3 Å². The molecule has 0 heterocycles. The van der Waals surface area contributed by atoms with Gasteiger partial charge in [-0.1, -0.05) is 12.2 Å². The Labute approximate surface area is 64.5 Å². The van der Waals surface area contributed by atoms with Crippen LogP contribution in [0, 0.1) is 0 Å². The van der Waals surface area contributed by atoms with Gasteiger partial charge in [0, 0.05) is 13.1 Å². The molecule has 0 aliphatic rings. The van der Waals surface area contributed by atoms with Gasteiger partial charge >= 0.3 is 18.9 Å². The molecule has 0 saturated carbocycles. The summed E-state index contributed by atoms with van der Waals surface area (Å²) in [5.41, 5.74) is 0. The second-order valence-electron chi connectivity index (χ2n) is 1.24. The van der Waals surface area contributed by atoms with Crippen LogP contribution in [-0.4, -0.2) is 13.1 Å². The summed E-state index contributed by atoms with van der Waals surface area (Å²) in [6.45, 7) is 8.81. The number of rotatable bonds is 4. The Kier molecular flexibility index (Phi) is 13.8. The van der Waals surface area contributed by atoms with E-state index in [1.807, 2.05) is 12.2 Å². The molecule has 0 radical (unpaired) electrons. The van der Waals surface area contributed by atoms with Crippen LogP contribution in [0.2, 0.25) is 0 Å². The fourth-order valence-electron chi connectivity index (χ4n) is 0.287. The third-order valence-corrected chi connectivity index (χ3v) is 0.577. The molecule has 0 amide bonds. The molecule has 42 valence electrons. The molecule has 0 bridgehead atoms. The number of hydrogen-bond donors (Lipinski definition) is 1. The van der Waals surface area contributed by atoms with Gasteiger partial charge in [0.1, 0.15) is 0 Å². The van der Waals surface area contributed by atoms with Crippen LogP contribution in [0.1, 0.15) is 1.43 Å². The molecule has 0 aromatic carbocycles. The molecule has 2 heteroatoms. The summed E-state index contributed by atoms with van der Waals surface area (Å²) in [6, 6.07) is 0. The molecule has 0 rings (SSSR count). The van der Waals surface area contributed by atoms with E-state index in [0.29, 0.717) is 0 Å². The quantitative estimate of drug-likeness (QED) is 0.249. The number of hydrogen-bond acceptors (Lipinski definition) is 1. The summed E-state index contributed by atoms with van der Waals surface area (Å²) < 4.78 is 0. The van der Waals surface area contributed by atoms with Gasteiger partial charge in [-0.2, -0.15) is 0 Å². The fraction of sp³-hybridized carbons (Fsp3) is 0.333. The predicted molar refractivity (Wildman–Crippen MR) is 34.4 cm³/mol. The van der Waals surface area contributed by atoms with E-state index in [2.05, 4.69) is 18.5 Å². The minimum Gasteiger partial charge on any atom is -1.00 e. The van der Waals surface area contributed by atoms with Crippen LogP contribution in [0.15, 0.2) is 25.3 Å². The van der Waals surface area contributed by atoms with Crippen molar-refractivity contribution in [3.8, 4) is 0 Å². The largest absolute Gasteiger partial charge is 1.00 e. The SMILES string of the molecule is C=CCNCC=C.[H-].[Li+]. The van der Waals surface area contributed by atoms with Gasteiger partial charge in [0.15, 0.2) is 0 Å². The molecule has 0 saturated heterocycles. The monoisotopic (exact) mass is 105 g/mol. The van der Waals surface area contributed by atoms with E-state index in [4.69, 9.17) is 0 Å². The van der Waals surface area contributed by atoms with Gasteiger partial charge in [0.05, 0.1) is 0 Å². The summed E-state index contributed by atoms with van der Waals surface area (Å²) in [6.07, 6.45) is 3.65. The van der Waals surface area contributed by atoms with Gasteiger partial charge in [-0.3, -0.25) is 0 Å². The average molecular weight is 105 g/mol. The minimum absolute atomic E-state index is 0. The van der Waals surface area contributed by atoms with Crippen LogP contribution in [0.4, 0.5) is 0 Å². The molecule has 0 aromatic heterocycles. The zero-order valence-electron chi connectivity index (χ0n) is 6.48. The van der Waals surface area contributed by atoms with Crippen LogP contribution in [-0.2, 0) is 0 Å². The van der Waals surface area contributed by atoms with Crippen molar-refractivity contribution in [2.75, 3.05) is 13.1 Å². The molecular weight excluding hydrogens is 93.0 g/mol. The van der Waals surface area contributed by atoms with Crippen LogP contribution in [0.3, 0.4) is 0 Å². The van der Waals surface area contributed by atoms with E-state index in [9.17, 15) is 0 Å². The third-order valence-electron chi connectivity index (χ3n) is 0.577. The second kappa shape index (κ2) is 10.1. The van der Waals surface area contributed by atoms with Gasteiger partial charge in [-0.25, -0.2) is 0 Å². The Balaban J connectivity index is -0.000000180. The fourth-order valence-corrected chi connectivity index (χ4v) is 0.287. The van der Waals surface area contributed by atoms with E-state index < -0.39 is 0 Å². The predicted octanol–water partition coefficient (Wildman–Crippen LogP) is -1.94. The second-order valence-corrected chi connectivity index (χ2v) is 1.24. The molecule has 0 spiro atoms. The summed E-state index contributed by atoms with van der Waals surface area (Å²) in [5.74, 6) is 0. The van der Waals surface area contributed by atoms with Gasteiger partial charge in [0.25, 0.3) is 0 Å². The maximum Gasteiger partial charge on any atom is 1.00 e. The van der Waals surface area contributed by atoms with E-state index >= 15 is 0 Å². The van der Waals surface area contributed by atoms with Crippen LogP contribution < -0.4 is 24.2 Å². The van der Waals surface area contributed by atoms with Gasteiger partial charge < -0.3 is 6.74 Å². The molecule has 8 heavy (non-hydrogen) atoms. The Morgan fingerprint density at radius 1 is 1.25 bits per heavy atom. The molecule has 0 aromatic rings. The van der Waals surface area contributed by atoms with Gasteiger partial charge in [0.2, 0.25) is 0 Å². The zero-order valence-corrected chi connectivity index (χ0v) is 5.48. The molecule has 0 aliphatic heterocycles. The van der Waals surface area contributed by atoms with Crippen molar-refractivity contribution in [3.05, 3.63) is 25.3 Å². The topological polar surface area (TPSA) is 12.0 Å². The van der Waals surface area contributed by atoms with Crippen molar-refractivity contribution in [3.63, 3.8) is 0 Å². The molecular formula is C6H12LiN. The molecule has 1 nitrogen and oxygen atoms in total. The third kappa shape index (κ3) is 9.40. The first-order valence-electron chi connectivity index (χ1n) is 2.34. The van der Waals surface area contributed by atoms with Crippen molar-refractivity contribution < 1.29 is 20.3 Å². The molecule has 0 aliphatic carbocycles. The van der Waals surface area contributed by atoms with Gasteiger partial charge in [-0.05, 0) is 0 Å². The Morgan fingerprint density at radius 3 is 1.88 bits per heavy atom. The van der Waals surface area contributed by atoms with Crippen LogP contribution in [0.25, 0.3) is 0 Å². The Morgan fingerprint density at radius 2 is 1.62 bits per heavy atom. The van der Waals surface area contributed by atoms with Crippen molar-refractivity contribution in [1.29, 1.82) is 0 Å². The molecule has 1 N–H and O–H groups in total. The first kappa shape index (κ1) is 10.9. The van der Waals surface area contributed by atoms with Crippen LogP contribution in [0.5, 0.6) is 0 Å². The standard InChI is InChI=1S/C6H11N.Li.H/c1-3-5-7-6-4-2;;/h3-4,7H,1-2,5-6H2;;/q;+1;-1. The maximum atomic E-state index is 3.54. The summed E-state index contributed by atoms with van der Waals surface area (Å²) in [5, 5.41) is 3.05. The van der Waals surface area contributed by atoms with Crippen molar-refractivity contribution in [1.82, 2.24) is 5.32 Å². The Hall–Kier alpha value is 0.0374. The smallest absolute Gasteiger partial charge is 1.00 e. The van der Waals surface area contributed by atoms with Gasteiger partial charge in [-0.15, -0.1) is 13.2 Å². The normalized spacial score (nSPS) is 7.00. The van der Waals surface area contributed by atoms with Crippen molar-refractivity contribution in [2.45, 2.75) is 0 Å². The summed E-state index contributed by atoms with van der Waals surface area (Å²) in [7, 11) is 0. The minimum atomic E-state index is 0. The first-order valence-corrected chi connectivity index (χ1v) is 2.34. The molecule has 0 unspecified atom stereocenters. The van der Waals surface area contributed by atoms with Crippen LogP contribution >= 0.6 is 0 Å². The molecule has 0 fully saturated rings. The maximum absolute atomic E-state index is 3.54. The summed E-state index contributed by atoms with van der Waals surface area (Å²) >= 11 is 0. The van der Waals surface area contributed by atoms with Crippen molar-refractivity contribution >= 4 is 0 Å². The average Bonchev–Trinajstić information content (AvgIpc) is 1.69. The zero-order chi connectivity index (χ0) is 5.54. The summed E-state index contributed by atoms with van der Waals surface area (Å²) in [4.78, 5) is 0. The number of nitrogens with one attached hydrogen (secondary N) is 1. The Bertz CT molecular complexity index is 58.1. The van der Waals surface area contributed by atoms with Crippen molar-refractivity contribution in [2.24, 2.45) is 0 Å². The molecule has 0 atom stereocenters.